The molecule has 1 aliphatic heterocycles. The van der Waals surface area contributed by atoms with Crippen LogP contribution in [0.3, 0.4) is 0 Å². The molecule has 3 aromatic rings. The van der Waals surface area contributed by atoms with E-state index in [9.17, 15) is 4.79 Å². The van der Waals surface area contributed by atoms with Crippen molar-refractivity contribution in [2.24, 2.45) is 0 Å². The number of fused-ring (bicyclic) bond motifs is 1. The number of carbonyl (C=O) groups excluding carboxylic acids is 1. The van der Waals surface area contributed by atoms with Crippen molar-refractivity contribution in [3.8, 4) is 10.8 Å². The van der Waals surface area contributed by atoms with Crippen LogP contribution in [0, 0.1) is 0 Å². The van der Waals surface area contributed by atoms with Gasteiger partial charge in [0.25, 0.3) is 11.1 Å². The molecular formula is C16H14ClN3O3S2. The Morgan fingerprint density at radius 1 is 1.28 bits per heavy atom. The molecule has 1 amide bonds. The second kappa shape index (κ2) is 7.33. The maximum absolute atomic E-state index is 12.2. The van der Waals surface area contributed by atoms with Crippen LogP contribution >= 0.6 is 34.7 Å². The fraction of sp³-hybridized carbons (Fsp3) is 0.312. The van der Waals surface area contributed by atoms with Gasteiger partial charge in [-0.1, -0.05) is 41.6 Å². The smallest absolute Gasteiger partial charge is 0.277 e. The Hall–Kier alpha value is -1.61. The number of thiophene rings is 1. The molecule has 0 spiro atoms. The summed E-state index contributed by atoms with van der Waals surface area (Å²) < 4.78 is 12.0. The molecule has 1 fully saturated rings. The third kappa shape index (κ3) is 3.52. The van der Waals surface area contributed by atoms with Gasteiger partial charge in [0.1, 0.15) is 4.88 Å². The Labute approximate surface area is 157 Å². The molecule has 1 aromatic carbocycles. The van der Waals surface area contributed by atoms with Crippen LogP contribution in [0.1, 0.15) is 0 Å². The first kappa shape index (κ1) is 16.8. The summed E-state index contributed by atoms with van der Waals surface area (Å²) in [6.07, 6.45) is 0. The van der Waals surface area contributed by atoms with E-state index < -0.39 is 0 Å². The van der Waals surface area contributed by atoms with E-state index in [0.29, 0.717) is 42.4 Å². The predicted octanol–water partition coefficient (Wildman–Crippen LogP) is 3.56. The fourth-order valence-corrected chi connectivity index (χ4v) is 4.64. The van der Waals surface area contributed by atoms with Crippen LogP contribution < -0.4 is 0 Å². The van der Waals surface area contributed by atoms with E-state index in [1.54, 1.807) is 4.90 Å². The number of ether oxygens (including phenoxy) is 1. The average molecular weight is 396 g/mol. The Morgan fingerprint density at radius 2 is 2.08 bits per heavy atom. The first-order valence-electron chi connectivity index (χ1n) is 7.71. The highest BCUT2D eigenvalue weighted by Gasteiger charge is 2.20. The van der Waals surface area contributed by atoms with Crippen molar-refractivity contribution in [2.45, 2.75) is 5.22 Å². The Balaban J connectivity index is 1.46. The van der Waals surface area contributed by atoms with Gasteiger partial charge in [-0.2, -0.15) is 0 Å². The lowest BCUT2D eigenvalue weighted by atomic mass is 10.2. The number of halogens is 1. The fourth-order valence-electron chi connectivity index (χ4n) is 2.54. The molecule has 6 nitrogen and oxygen atoms in total. The Morgan fingerprint density at radius 3 is 2.88 bits per heavy atom. The molecule has 3 heterocycles. The van der Waals surface area contributed by atoms with E-state index in [0.717, 1.165) is 15.0 Å². The molecule has 1 aliphatic rings. The van der Waals surface area contributed by atoms with Gasteiger partial charge in [-0.15, -0.1) is 21.5 Å². The number of nitrogens with zero attached hydrogens (tertiary/aromatic N) is 3. The lowest BCUT2D eigenvalue weighted by molar-refractivity contribution is -0.132. The van der Waals surface area contributed by atoms with Gasteiger partial charge in [-0.25, -0.2) is 0 Å². The first-order chi connectivity index (χ1) is 12.2. The molecule has 0 atom stereocenters. The molecule has 130 valence electrons. The largest absolute Gasteiger partial charge is 0.410 e. The summed E-state index contributed by atoms with van der Waals surface area (Å²) >= 11 is 9.18. The van der Waals surface area contributed by atoms with Gasteiger partial charge >= 0.3 is 0 Å². The number of carbonyl (C=O) groups is 1. The average Bonchev–Trinajstić information content (AvgIpc) is 3.25. The SMILES string of the molecule is O=C(CSc1nnc(-c2sc3ccccc3c2Cl)o1)N1CCOCC1. The molecule has 0 N–H and O–H groups in total. The number of morpholine rings is 1. The molecule has 9 heteroatoms. The molecule has 2 aromatic heterocycles. The second-order valence-corrected chi connectivity index (χ2v) is 7.75. The zero-order valence-electron chi connectivity index (χ0n) is 13.1. The van der Waals surface area contributed by atoms with Gasteiger partial charge in [0, 0.05) is 23.2 Å². The van der Waals surface area contributed by atoms with Gasteiger partial charge in [0.05, 0.1) is 24.0 Å². The molecule has 0 aliphatic carbocycles. The Bertz CT molecular complexity index is 905. The van der Waals surface area contributed by atoms with Crippen molar-refractivity contribution < 1.29 is 13.9 Å². The van der Waals surface area contributed by atoms with Crippen LogP contribution in [-0.2, 0) is 9.53 Å². The zero-order valence-corrected chi connectivity index (χ0v) is 15.5. The summed E-state index contributed by atoms with van der Waals surface area (Å²) in [6, 6.07) is 7.87. The zero-order chi connectivity index (χ0) is 17.2. The van der Waals surface area contributed by atoms with E-state index in [1.807, 2.05) is 24.3 Å². The maximum Gasteiger partial charge on any atom is 0.277 e. The van der Waals surface area contributed by atoms with E-state index in [2.05, 4.69) is 10.2 Å². The van der Waals surface area contributed by atoms with Crippen LogP contribution in [0.2, 0.25) is 5.02 Å². The minimum Gasteiger partial charge on any atom is -0.410 e. The normalized spacial score (nSPS) is 15.0. The lowest BCUT2D eigenvalue weighted by Gasteiger charge is -2.26. The van der Waals surface area contributed by atoms with Crippen LogP contribution in [0.25, 0.3) is 20.9 Å². The number of rotatable bonds is 4. The van der Waals surface area contributed by atoms with Crippen LogP contribution in [-0.4, -0.2) is 53.1 Å². The highest BCUT2D eigenvalue weighted by atomic mass is 35.5. The molecule has 1 saturated heterocycles. The van der Waals surface area contributed by atoms with Crippen LogP contribution in [0.5, 0.6) is 0 Å². The highest BCUT2D eigenvalue weighted by Crippen LogP contribution is 2.41. The van der Waals surface area contributed by atoms with Gasteiger partial charge in [0.2, 0.25) is 5.91 Å². The molecule has 4 rings (SSSR count). The summed E-state index contributed by atoms with van der Waals surface area (Å²) in [5.41, 5.74) is 0. The summed E-state index contributed by atoms with van der Waals surface area (Å²) in [7, 11) is 0. The number of thioether (sulfide) groups is 1. The van der Waals surface area contributed by atoms with E-state index in [4.69, 9.17) is 20.8 Å². The highest BCUT2D eigenvalue weighted by molar-refractivity contribution is 7.99. The van der Waals surface area contributed by atoms with Gasteiger partial charge in [0.15, 0.2) is 0 Å². The molecular weight excluding hydrogens is 382 g/mol. The molecule has 0 bridgehead atoms. The van der Waals surface area contributed by atoms with E-state index >= 15 is 0 Å². The van der Waals surface area contributed by atoms with Crippen molar-refractivity contribution in [1.82, 2.24) is 15.1 Å². The molecule has 0 unspecified atom stereocenters. The van der Waals surface area contributed by atoms with Gasteiger partial charge in [-0.3, -0.25) is 4.79 Å². The summed E-state index contributed by atoms with van der Waals surface area (Å²) in [5.74, 6) is 0.697. The Kier molecular flexibility index (Phi) is 4.93. The number of hydrogen-bond acceptors (Lipinski definition) is 7. The lowest BCUT2D eigenvalue weighted by Crippen LogP contribution is -2.41. The number of amides is 1. The third-order valence-corrected chi connectivity index (χ3v) is 6.29. The van der Waals surface area contributed by atoms with Crippen LogP contribution in [0.4, 0.5) is 0 Å². The first-order valence-corrected chi connectivity index (χ1v) is 9.89. The predicted molar refractivity (Wildman–Crippen MR) is 98.3 cm³/mol. The molecule has 0 saturated carbocycles. The molecule has 0 radical (unpaired) electrons. The summed E-state index contributed by atoms with van der Waals surface area (Å²) in [6.45, 7) is 2.44. The topological polar surface area (TPSA) is 68.5 Å². The van der Waals surface area contributed by atoms with Gasteiger partial charge < -0.3 is 14.1 Å². The van der Waals surface area contributed by atoms with Gasteiger partial charge in [-0.05, 0) is 6.07 Å². The quantitative estimate of drug-likeness (QED) is 0.629. The maximum atomic E-state index is 12.2. The van der Waals surface area contributed by atoms with E-state index in [-0.39, 0.29) is 11.7 Å². The third-order valence-electron chi connectivity index (χ3n) is 3.82. The van der Waals surface area contributed by atoms with Crippen molar-refractivity contribution in [1.29, 1.82) is 0 Å². The monoisotopic (exact) mass is 395 g/mol. The van der Waals surface area contributed by atoms with Crippen LogP contribution in [0.15, 0.2) is 33.9 Å². The number of hydrogen-bond donors (Lipinski definition) is 0. The minimum absolute atomic E-state index is 0.0490. The summed E-state index contributed by atoms with van der Waals surface area (Å²) in [4.78, 5) is 14.7. The second-order valence-electron chi connectivity index (χ2n) is 5.40. The summed E-state index contributed by atoms with van der Waals surface area (Å²) in [5, 5.41) is 10.0. The van der Waals surface area contributed by atoms with E-state index in [1.165, 1.54) is 23.1 Å². The van der Waals surface area contributed by atoms with Crippen molar-refractivity contribution in [2.75, 3.05) is 32.1 Å². The number of aromatic nitrogens is 2. The van der Waals surface area contributed by atoms with Crippen molar-refractivity contribution >= 4 is 50.7 Å². The molecule has 25 heavy (non-hydrogen) atoms. The van der Waals surface area contributed by atoms with Crippen molar-refractivity contribution in [3.63, 3.8) is 0 Å². The number of benzene rings is 1. The minimum atomic E-state index is 0.0490. The van der Waals surface area contributed by atoms with Crippen molar-refractivity contribution in [3.05, 3.63) is 29.3 Å². The standard InChI is InChI=1S/C16H14ClN3O3S2/c17-13-10-3-1-2-4-11(10)25-14(13)15-18-19-16(23-15)24-9-12(21)20-5-7-22-8-6-20/h1-4H,5-9H2.